The molecule has 0 aliphatic heterocycles. The molecule has 0 atom stereocenters. The van der Waals surface area contributed by atoms with Crippen LogP contribution in [-0.4, -0.2) is 0 Å². The van der Waals surface area contributed by atoms with E-state index < -0.39 is 0 Å². The monoisotopic (exact) mass is 282 g/mol. The van der Waals surface area contributed by atoms with E-state index in [9.17, 15) is 0 Å². The van der Waals surface area contributed by atoms with Crippen LogP contribution >= 0.6 is 0 Å². The van der Waals surface area contributed by atoms with Crippen LogP contribution in [0, 0.1) is 0 Å². The van der Waals surface area contributed by atoms with Gasteiger partial charge in [-0.05, 0) is 12.8 Å². The molecule has 0 radical (unpaired) electrons. The Kier molecular flexibility index (Phi) is 18.0. The summed E-state index contributed by atoms with van der Waals surface area (Å²) in [5, 5.41) is 0. The Hall–Kier alpha value is -0.500. The third-order valence-electron chi connectivity index (χ3n) is 3.94. The Balaban J connectivity index is 2.94. The first kappa shape index (κ1) is 19.5. The van der Waals surface area contributed by atoms with Gasteiger partial charge in [-0.1, -0.05) is 96.5 Å². The highest BCUT2D eigenvalue weighted by molar-refractivity contribution is 4.76. The molecule has 120 valence electrons. The fourth-order valence-corrected chi connectivity index (χ4v) is 2.61. The fourth-order valence-electron chi connectivity index (χ4n) is 2.61. The van der Waals surface area contributed by atoms with Crippen molar-refractivity contribution in [2.45, 2.75) is 103 Å². The van der Waals surface area contributed by atoms with Crippen molar-refractivity contribution in [3.63, 3.8) is 0 Å². The third-order valence-corrected chi connectivity index (χ3v) is 3.94. The lowest BCUT2D eigenvalue weighted by Crippen LogP contribution is -2.12. The molecule has 0 aromatic carbocycles. The first-order valence-corrected chi connectivity index (χ1v) is 9.03. The van der Waals surface area contributed by atoms with Gasteiger partial charge in [0, 0.05) is 6.20 Å². The molecule has 0 aliphatic carbocycles. The van der Waals surface area contributed by atoms with Crippen LogP contribution in [-0.2, 0) is 0 Å². The maximum atomic E-state index is 5.15. The topological polar surface area (TPSA) is 38.0 Å². The number of hydrogen-bond acceptors (Lipinski definition) is 2. The zero-order chi connectivity index (χ0) is 14.7. The van der Waals surface area contributed by atoms with E-state index in [4.69, 9.17) is 5.84 Å². The molecule has 2 heteroatoms. The molecule has 0 spiro atoms. The molecule has 0 aromatic rings. The minimum absolute atomic E-state index is 1.15. The lowest BCUT2D eigenvalue weighted by molar-refractivity contribution is 0.536. The summed E-state index contributed by atoms with van der Waals surface area (Å²) >= 11 is 0. The van der Waals surface area contributed by atoms with Gasteiger partial charge in [0.25, 0.3) is 0 Å². The van der Waals surface area contributed by atoms with Gasteiger partial charge in [-0.15, -0.1) is 0 Å². The van der Waals surface area contributed by atoms with E-state index in [1.54, 1.807) is 0 Å². The highest BCUT2D eigenvalue weighted by Gasteiger charge is 1.93. The second-order valence-corrected chi connectivity index (χ2v) is 5.95. The normalized spacial score (nSPS) is 11.3. The number of nitrogens with two attached hydrogens (primary N) is 1. The van der Waals surface area contributed by atoms with Crippen molar-refractivity contribution >= 4 is 0 Å². The van der Waals surface area contributed by atoms with Crippen LogP contribution in [0.2, 0.25) is 0 Å². The third kappa shape index (κ3) is 17.5. The predicted molar refractivity (Wildman–Crippen MR) is 91.4 cm³/mol. The van der Waals surface area contributed by atoms with Crippen LogP contribution < -0.4 is 11.3 Å². The van der Waals surface area contributed by atoms with E-state index in [2.05, 4.69) is 18.4 Å². The van der Waals surface area contributed by atoms with Crippen molar-refractivity contribution in [1.29, 1.82) is 0 Å². The van der Waals surface area contributed by atoms with Crippen molar-refractivity contribution < 1.29 is 0 Å². The molecular weight excluding hydrogens is 244 g/mol. The molecule has 3 N–H and O–H groups in total. The average molecular weight is 283 g/mol. The molecule has 2 nitrogen and oxygen atoms in total. The summed E-state index contributed by atoms with van der Waals surface area (Å²) in [6.45, 7) is 2.29. The standard InChI is InChI=1S/C18H38N2/c1-2-3-4-5-6-7-8-9-10-11-12-13-14-15-16-17-18-20-19/h17-18,20H,2-16,19H2,1H3. The summed E-state index contributed by atoms with van der Waals surface area (Å²) in [7, 11) is 0. The van der Waals surface area contributed by atoms with Crippen molar-refractivity contribution in [2.75, 3.05) is 0 Å². The van der Waals surface area contributed by atoms with Crippen molar-refractivity contribution in [3.05, 3.63) is 12.3 Å². The first-order chi connectivity index (χ1) is 9.91. The molecule has 0 aromatic heterocycles. The Morgan fingerprint density at radius 2 is 1.05 bits per heavy atom. The Morgan fingerprint density at radius 1 is 0.650 bits per heavy atom. The molecule has 0 amide bonds. The van der Waals surface area contributed by atoms with Crippen molar-refractivity contribution in [1.82, 2.24) is 5.43 Å². The largest absolute Gasteiger partial charge is 0.332 e. The van der Waals surface area contributed by atoms with Crippen LogP contribution in [0.4, 0.5) is 0 Å². The van der Waals surface area contributed by atoms with Crippen molar-refractivity contribution in [2.24, 2.45) is 5.84 Å². The highest BCUT2D eigenvalue weighted by Crippen LogP contribution is 2.13. The number of unbranched alkanes of at least 4 members (excludes halogenated alkanes) is 14. The number of hydrogen-bond donors (Lipinski definition) is 2. The fraction of sp³-hybridized carbons (Fsp3) is 0.889. The minimum Gasteiger partial charge on any atom is -0.332 e. The van der Waals surface area contributed by atoms with E-state index in [1.165, 1.54) is 89.9 Å². The molecule has 0 bridgehead atoms. The molecule has 0 saturated carbocycles. The molecule has 20 heavy (non-hydrogen) atoms. The van der Waals surface area contributed by atoms with Crippen LogP contribution in [0.15, 0.2) is 12.3 Å². The van der Waals surface area contributed by atoms with Gasteiger partial charge < -0.3 is 5.43 Å². The number of allylic oxidation sites excluding steroid dienone is 1. The van der Waals surface area contributed by atoms with Crippen LogP contribution in [0.5, 0.6) is 0 Å². The van der Waals surface area contributed by atoms with Gasteiger partial charge >= 0.3 is 0 Å². The van der Waals surface area contributed by atoms with Crippen LogP contribution in [0.3, 0.4) is 0 Å². The summed E-state index contributed by atoms with van der Waals surface area (Å²) < 4.78 is 0. The van der Waals surface area contributed by atoms with E-state index in [-0.39, 0.29) is 0 Å². The Labute approximate surface area is 127 Å². The number of nitrogens with one attached hydrogen (secondary N) is 1. The zero-order valence-electron chi connectivity index (χ0n) is 13.8. The van der Waals surface area contributed by atoms with E-state index >= 15 is 0 Å². The van der Waals surface area contributed by atoms with Gasteiger partial charge in [0.1, 0.15) is 0 Å². The van der Waals surface area contributed by atoms with Crippen LogP contribution in [0.25, 0.3) is 0 Å². The second kappa shape index (κ2) is 18.5. The van der Waals surface area contributed by atoms with Gasteiger partial charge in [-0.2, -0.15) is 0 Å². The number of rotatable bonds is 16. The molecule has 0 saturated heterocycles. The molecule has 0 unspecified atom stereocenters. The molecule has 0 fully saturated rings. The van der Waals surface area contributed by atoms with Crippen molar-refractivity contribution in [3.8, 4) is 0 Å². The summed E-state index contributed by atoms with van der Waals surface area (Å²) in [6, 6.07) is 0. The quantitative estimate of drug-likeness (QED) is 0.212. The van der Waals surface area contributed by atoms with Gasteiger partial charge in [-0.25, -0.2) is 0 Å². The summed E-state index contributed by atoms with van der Waals surface area (Å²) in [6.07, 6.45) is 25.0. The van der Waals surface area contributed by atoms with E-state index in [1.807, 2.05) is 6.20 Å². The molecule has 0 aliphatic rings. The maximum absolute atomic E-state index is 5.15. The second-order valence-electron chi connectivity index (χ2n) is 5.95. The average Bonchev–Trinajstić information content (AvgIpc) is 2.47. The van der Waals surface area contributed by atoms with Gasteiger partial charge in [-0.3, -0.25) is 5.84 Å². The number of hydrazine groups is 1. The zero-order valence-corrected chi connectivity index (χ0v) is 13.8. The SMILES string of the molecule is CCCCCCCCCCCCCCCCC=CNN. The summed E-state index contributed by atoms with van der Waals surface area (Å²) in [5.41, 5.74) is 2.54. The lowest BCUT2D eigenvalue weighted by atomic mass is 10.0. The lowest BCUT2D eigenvalue weighted by Gasteiger charge is -2.02. The smallest absolute Gasteiger partial charge is 0.00826 e. The Morgan fingerprint density at radius 3 is 1.45 bits per heavy atom. The molecular formula is C18H38N2. The van der Waals surface area contributed by atoms with Crippen LogP contribution in [0.1, 0.15) is 103 Å². The molecule has 0 heterocycles. The van der Waals surface area contributed by atoms with E-state index in [0.29, 0.717) is 0 Å². The maximum Gasteiger partial charge on any atom is 0.00826 e. The first-order valence-electron chi connectivity index (χ1n) is 9.03. The minimum atomic E-state index is 1.15. The highest BCUT2D eigenvalue weighted by atomic mass is 15.2. The van der Waals surface area contributed by atoms with E-state index in [0.717, 1.165) is 6.42 Å². The summed E-state index contributed by atoms with van der Waals surface area (Å²) in [5.74, 6) is 5.15. The summed E-state index contributed by atoms with van der Waals surface area (Å²) in [4.78, 5) is 0. The van der Waals surface area contributed by atoms with Gasteiger partial charge in [0.05, 0.1) is 0 Å². The predicted octanol–water partition coefficient (Wildman–Crippen LogP) is 5.83. The van der Waals surface area contributed by atoms with Gasteiger partial charge in [0.15, 0.2) is 0 Å². The van der Waals surface area contributed by atoms with Gasteiger partial charge in [0.2, 0.25) is 0 Å². The Bertz CT molecular complexity index is 190. The molecule has 0 rings (SSSR count).